The summed E-state index contributed by atoms with van der Waals surface area (Å²) in [7, 11) is -3.87. The van der Waals surface area contributed by atoms with Gasteiger partial charge in [0.1, 0.15) is 16.5 Å². The van der Waals surface area contributed by atoms with Gasteiger partial charge in [-0.25, -0.2) is 17.5 Å². The average molecular weight is 399 g/mol. The summed E-state index contributed by atoms with van der Waals surface area (Å²) in [5, 5.41) is 2.52. The van der Waals surface area contributed by atoms with Gasteiger partial charge in [0.05, 0.1) is 10.7 Å². The minimum Gasteiger partial charge on any atom is -0.482 e. The van der Waals surface area contributed by atoms with E-state index in [-0.39, 0.29) is 40.5 Å². The molecule has 1 aliphatic rings. The van der Waals surface area contributed by atoms with E-state index in [2.05, 4.69) is 10.0 Å². The summed E-state index contributed by atoms with van der Waals surface area (Å²) >= 11 is 6.05. The normalized spacial score (nSPS) is 13.7. The van der Waals surface area contributed by atoms with Crippen LogP contribution in [0.25, 0.3) is 0 Å². The van der Waals surface area contributed by atoms with Crippen LogP contribution in [0.15, 0.2) is 41.3 Å². The fourth-order valence-corrected chi connectivity index (χ4v) is 4.17. The van der Waals surface area contributed by atoms with E-state index in [9.17, 15) is 17.6 Å². The second kappa shape index (κ2) is 7.61. The van der Waals surface area contributed by atoms with Gasteiger partial charge in [-0.2, -0.15) is 0 Å². The van der Waals surface area contributed by atoms with E-state index < -0.39 is 10.0 Å². The minimum absolute atomic E-state index is 0.0313. The Kier molecular flexibility index (Phi) is 5.45. The molecule has 2 aromatic carbocycles. The Bertz CT molecular complexity index is 950. The lowest BCUT2D eigenvalue weighted by molar-refractivity contribution is -0.118. The van der Waals surface area contributed by atoms with Crippen molar-refractivity contribution in [1.29, 1.82) is 0 Å². The first-order valence-electron chi connectivity index (χ1n) is 7.86. The third-order valence-corrected chi connectivity index (χ3v) is 5.75. The van der Waals surface area contributed by atoms with Crippen LogP contribution in [-0.2, 0) is 21.2 Å². The van der Waals surface area contributed by atoms with Crippen molar-refractivity contribution in [2.45, 2.75) is 17.7 Å². The molecule has 0 radical (unpaired) electrons. The molecule has 9 heteroatoms. The highest BCUT2D eigenvalue weighted by Crippen LogP contribution is 2.35. The van der Waals surface area contributed by atoms with E-state index in [1.165, 1.54) is 18.2 Å². The summed E-state index contributed by atoms with van der Waals surface area (Å²) in [6.07, 6.45) is 0.831. The predicted molar refractivity (Wildman–Crippen MR) is 95.5 cm³/mol. The number of fused-ring (bicyclic) bond motifs is 1. The summed E-state index contributed by atoms with van der Waals surface area (Å²) in [6, 6.07) is 8.97. The van der Waals surface area contributed by atoms with Crippen molar-refractivity contribution in [1.82, 2.24) is 4.72 Å². The molecule has 0 atom stereocenters. The maximum absolute atomic E-state index is 13.6. The van der Waals surface area contributed by atoms with Crippen LogP contribution in [0.5, 0.6) is 5.75 Å². The number of aryl methyl sites for hydroxylation is 1. The Balaban J connectivity index is 1.67. The van der Waals surface area contributed by atoms with Crippen molar-refractivity contribution < 1.29 is 22.3 Å². The highest BCUT2D eigenvalue weighted by atomic mass is 35.5. The summed E-state index contributed by atoms with van der Waals surface area (Å²) in [5.41, 5.74) is 0.854. The lowest BCUT2D eigenvalue weighted by Crippen LogP contribution is -2.27. The summed E-state index contributed by atoms with van der Waals surface area (Å²) < 4.78 is 46.2. The third kappa shape index (κ3) is 4.14. The molecule has 3 rings (SSSR count). The number of nitrogens with one attached hydrogen (secondary N) is 2. The molecular formula is C17H16ClFN2O4S. The molecule has 1 aliphatic heterocycles. The van der Waals surface area contributed by atoms with Crippen LogP contribution >= 0.6 is 11.6 Å². The Labute approximate surface area is 155 Å². The van der Waals surface area contributed by atoms with E-state index in [0.29, 0.717) is 24.1 Å². The van der Waals surface area contributed by atoms with E-state index in [4.69, 9.17) is 16.3 Å². The smallest absolute Gasteiger partial charge is 0.262 e. The molecule has 6 nitrogen and oxygen atoms in total. The fraction of sp³-hybridized carbons (Fsp3) is 0.235. The molecule has 0 bridgehead atoms. The molecule has 26 heavy (non-hydrogen) atoms. The predicted octanol–water partition coefficient (Wildman–Crippen LogP) is 2.72. The van der Waals surface area contributed by atoms with Gasteiger partial charge in [-0.15, -0.1) is 0 Å². The van der Waals surface area contributed by atoms with Crippen molar-refractivity contribution in [3.63, 3.8) is 0 Å². The van der Waals surface area contributed by atoms with Crippen LogP contribution in [0.2, 0.25) is 5.02 Å². The number of anilines is 1. The molecule has 0 unspecified atom stereocenters. The monoisotopic (exact) mass is 398 g/mol. The fourth-order valence-electron chi connectivity index (χ4n) is 2.55. The van der Waals surface area contributed by atoms with Gasteiger partial charge >= 0.3 is 0 Å². The number of sulfonamides is 1. The largest absolute Gasteiger partial charge is 0.482 e. The highest BCUT2D eigenvalue weighted by Gasteiger charge is 2.24. The van der Waals surface area contributed by atoms with E-state index in [1.807, 2.05) is 0 Å². The van der Waals surface area contributed by atoms with Crippen LogP contribution < -0.4 is 14.8 Å². The van der Waals surface area contributed by atoms with Crippen LogP contribution in [-0.4, -0.2) is 27.5 Å². The van der Waals surface area contributed by atoms with Gasteiger partial charge in [0, 0.05) is 12.6 Å². The Morgan fingerprint density at radius 2 is 2.04 bits per heavy atom. The van der Waals surface area contributed by atoms with Crippen molar-refractivity contribution in [2.75, 3.05) is 18.5 Å². The summed E-state index contributed by atoms with van der Waals surface area (Å²) in [6.45, 7) is -0.0636. The zero-order valence-corrected chi connectivity index (χ0v) is 15.2. The SMILES string of the molecule is O=C1COc2cc(S(=O)(=O)NCCCc3ccccc3F)c(Cl)cc2N1. The van der Waals surface area contributed by atoms with E-state index in [1.54, 1.807) is 18.2 Å². The lowest BCUT2D eigenvalue weighted by atomic mass is 10.1. The number of ether oxygens (including phenoxy) is 1. The number of carbonyl (C=O) groups is 1. The van der Waals surface area contributed by atoms with E-state index >= 15 is 0 Å². The number of hydrogen-bond acceptors (Lipinski definition) is 4. The summed E-state index contributed by atoms with van der Waals surface area (Å²) in [4.78, 5) is 11.2. The van der Waals surface area contributed by atoms with Gasteiger partial charge in [-0.05, 0) is 30.5 Å². The van der Waals surface area contributed by atoms with Gasteiger partial charge in [0.25, 0.3) is 5.91 Å². The van der Waals surface area contributed by atoms with Crippen LogP contribution in [0.1, 0.15) is 12.0 Å². The van der Waals surface area contributed by atoms with E-state index in [0.717, 1.165) is 0 Å². The number of halogens is 2. The Morgan fingerprint density at radius 3 is 2.81 bits per heavy atom. The maximum Gasteiger partial charge on any atom is 0.262 e. The average Bonchev–Trinajstić information content (AvgIpc) is 2.59. The molecule has 0 aliphatic carbocycles. The van der Waals surface area contributed by atoms with Crippen molar-refractivity contribution in [3.8, 4) is 5.75 Å². The number of benzene rings is 2. The number of hydrogen-bond donors (Lipinski definition) is 2. The highest BCUT2D eigenvalue weighted by molar-refractivity contribution is 7.89. The van der Waals surface area contributed by atoms with Gasteiger partial charge < -0.3 is 10.1 Å². The van der Waals surface area contributed by atoms with Crippen LogP contribution in [0, 0.1) is 5.82 Å². The molecule has 1 heterocycles. The van der Waals surface area contributed by atoms with Gasteiger partial charge in [-0.1, -0.05) is 29.8 Å². The second-order valence-corrected chi connectivity index (χ2v) is 7.85. The van der Waals surface area contributed by atoms with Crippen molar-refractivity contribution in [3.05, 3.63) is 52.8 Å². The number of amides is 1. The molecule has 0 fully saturated rings. The topological polar surface area (TPSA) is 84.5 Å². The minimum atomic E-state index is -3.87. The first-order valence-corrected chi connectivity index (χ1v) is 9.72. The lowest BCUT2D eigenvalue weighted by Gasteiger charge is -2.19. The van der Waals surface area contributed by atoms with Crippen molar-refractivity contribution >= 4 is 33.2 Å². The Hall–Kier alpha value is -2.16. The molecular weight excluding hydrogens is 383 g/mol. The molecule has 0 saturated carbocycles. The Morgan fingerprint density at radius 1 is 1.27 bits per heavy atom. The van der Waals surface area contributed by atoms with Gasteiger partial charge in [0.15, 0.2) is 6.61 Å². The summed E-state index contributed by atoms with van der Waals surface area (Å²) in [5.74, 6) is -0.413. The van der Waals surface area contributed by atoms with Gasteiger partial charge in [-0.3, -0.25) is 4.79 Å². The first-order chi connectivity index (χ1) is 12.4. The first kappa shape index (κ1) is 18.6. The molecule has 0 saturated heterocycles. The molecule has 1 amide bonds. The van der Waals surface area contributed by atoms with Gasteiger partial charge in [0.2, 0.25) is 10.0 Å². The quantitative estimate of drug-likeness (QED) is 0.733. The number of carbonyl (C=O) groups excluding carboxylic acids is 1. The second-order valence-electron chi connectivity index (χ2n) is 5.71. The zero-order valence-electron chi connectivity index (χ0n) is 13.6. The third-order valence-electron chi connectivity index (χ3n) is 3.83. The van der Waals surface area contributed by atoms with Crippen LogP contribution in [0.4, 0.5) is 10.1 Å². The van der Waals surface area contributed by atoms with Crippen LogP contribution in [0.3, 0.4) is 0 Å². The standard InChI is InChI=1S/C17H16ClFN2O4S/c18-12-8-14-15(25-10-17(22)21-14)9-16(12)26(23,24)20-7-3-5-11-4-1-2-6-13(11)19/h1-2,4,6,8-9,20H,3,5,7,10H2,(H,21,22). The molecule has 0 aromatic heterocycles. The zero-order chi connectivity index (χ0) is 18.7. The number of rotatable bonds is 6. The molecule has 138 valence electrons. The maximum atomic E-state index is 13.6. The molecule has 0 spiro atoms. The van der Waals surface area contributed by atoms with Crippen molar-refractivity contribution in [2.24, 2.45) is 0 Å². The molecule has 2 N–H and O–H groups in total. The molecule has 2 aromatic rings.